The van der Waals surface area contributed by atoms with Crippen LogP contribution < -0.4 is 16.4 Å². The van der Waals surface area contributed by atoms with Gasteiger partial charge in [-0.25, -0.2) is 4.98 Å². The molecule has 0 aromatic carbocycles. The number of nitrogens with zero attached hydrogens (tertiary/aromatic N) is 5. The van der Waals surface area contributed by atoms with E-state index in [-0.39, 0.29) is 6.04 Å². The summed E-state index contributed by atoms with van der Waals surface area (Å²) in [5.74, 6) is 1.80. The van der Waals surface area contributed by atoms with E-state index in [0.717, 1.165) is 81.4 Å². The van der Waals surface area contributed by atoms with Crippen molar-refractivity contribution in [2.45, 2.75) is 115 Å². The average Bonchev–Trinajstić information content (AvgIpc) is 3.54. The van der Waals surface area contributed by atoms with Gasteiger partial charge in [0.25, 0.3) is 0 Å². The van der Waals surface area contributed by atoms with Crippen molar-refractivity contribution in [3.8, 4) is 0 Å². The molecule has 2 aliphatic carbocycles. The lowest BCUT2D eigenvalue weighted by molar-refractivity contribution is -0.132. The highest BCUT2D eigenvalue weighted by Crippen LogP contribution is 2.34. The van der Waals surface area contributed by atoms with Gasteiger partial charge in [0.1, 0.15) is 0 Å². The van der Waals surface area contributed by atoms with Crippen molar-refractivity contribution in [1.82, 2.24) is 24.4 Å². The van der Waals surface area contributed by atoms with Crippen molar-refractivity contribution in [2.75, 3.05) is 23.7 Å². The summed E-state index contributed by atoms with van der Waals surface area (Å²) in [6.07, 6.45) is 15.6. The number of piperidine rings is 1. The minimum absolute atomic E-state index is 0.278. The molecule has 3 heterocycles. The molecule has 2 saturated carbocycles. The van der Waals surface area contributed by atoms with Crippen LogP contribution in [0.25, 0.3) is 11.2 Å². The van der Waals surface area contributed by atoms with Crippen molar-refractivity contribution in [2.24, 2.45) is 5.73 Å². The Balaban J connectivity index is 1.33. The molecular weight excluding hydrogens is 440 g/mol. The monoisotopic (exact) mass is 482 g/mol. The molecule has 3 aliphatic rings. The van der Waals surface area contributed by atoms with Gasteiger partial charge in [0.05, 0.1) is 6.33 Å². The number of amides is 1. The highest BCUT2D eigenvalue weighted by molar-refractivity contribution is 5.84. The van der Waals surface area contributed by atoms with Crippen LogP contribution in [-0.4, -0.2) is 61.5 Å². The van der Waals surface area contributed by atoms with Crippen LogP contribution >= 0.6 is 0 Å². The molecule has 2 aromatic heterocycles. The molecule has 1 amide bonds. The molecule has 9 heteroatoms. The first-order valence-corrected chi connectivity index (χ1v) is 13.9. The minimum atomic E-state index is 0.278. The molecule has 0 spiro atoms. The van der Waals surface area contributed by atoms with Gasteiger partial charge in [-0.2, -0.15) is 9.97 Å². The molecular formula is C26H42N8O. The van der Waals surface area contributed by atoms with E-state index in [9.17, 15) is 4.79 Å². The summed E-state index contributed by atoms with van der Waals surface area (Å²) in [6, 6.07) is 1.43. The molecule has 1 saturated heterocycles. The number of unbranched alkanes of at least 4 members (excludes halogenated alkanes) is 1. The maximum Gasteiger partial charge on any atom is 0.227 e. The zero-order chi connectivity index (χ0) is 24.2. The molecule has 0 radical (unpaired) electrons. The van der Waals surface area contributed by atoms with Crippen LogP contribution in [0.15, 0.2) is 6.33 Å². The SMILES string of the molecule is CCCCC(=O)N1CCC(Nc2nc(NC3CCC(N)CC3)nc3c2ncn3C2CCCC2)CC1. The van der Waals surface area contributed by atoms with Crippen molar-refractivity contribution in [3.05, 3.63) is 6.33 Å². The normalized spacial score (nSPS) is 24.2. The Morgan fingerprint density at radius 3 is 2.43 bits per heavy atom. The number of nitrogens with one attached hydrogen (secondary N) is 2. The maximum absolute atomic E-state index is 12.4. The van der Waals surface area contributed by atoms with Gasteiger partial charge in [0.2, 0.25) is 11.9 Å². The van der Waals surface area contributed by atoms with Crippen LogP contribution in [0.1, 0.15) is 96.4 Å². The first kappa shape index (κ1) is 24.3. The van der Waals surface area contributed by atoms with Gasteiger partial charge >= 0.3 is 0 Å². The number of carbonyl (C=O) groups excluding carboxylic acids is 1. The summed E-state index contributed by atoms with van der Waals surface area (Å²) in [5, 5.41) is 7.30. The fourth-order valence-electron chi connectivity index (χ4n) is 5.93. The van der Waals surface area contributed by atoms with E-state index < -0.39 is 0 Å². The number of fused-ring (bicyclic) bond motifs is 1. The van der Waals surface area contributed by atoms with Gasteiger partial charge < -0.3 is 25.8 Å². The quantitative estimate of drug-likeness (QED) is 0.516. The van der Waals surface area contributed by atoms with Crippen molar-refractivity contribution >= 4 is 28.8 Å². The standard InChI is InChI=1S/C26H42N8O/c1-2-3-8-22(35)33-15-13-20(14-16-33)29-24-23-25(34(17-28-23)21-6-4-5-7-21)32-26(31-24)30-19-11-9-18(27)10-12-19/h17-21H,2-16,27H2,1H3,(H2,29,30,31,32). The third kappa shape index (κ3) is 5.71. The van der Waals surface area contributed by atoms with E-state index >= 15 is 0 Å². The zero-order valence-electron chi connectivity index (χ0n) is 21.2. The van der Waals surface area contributed by atoms with Crippen LogP contribution in [0.4, 0.5) is 11.8 Å². The molecule has 0 atom stereocenters. The number of nitrogens with two attached hydrogens (primary N) is 1. The van der Waals surface area contributed by atoms with E-state index in [1.54, 1.807) is 0 Å². The number of anilines is 2. The number of rotatable bonds is 8. The molecule has 5 rings (SSSR count). The number of aromatic nitrogens is 4. The first-order chi connectivity index (χ1) is 17.1. The number of likely N-dealkylation sites (tertiary alicyclic amines) is 1. The zero-order valence-corrected chi connectivity index (χ0v) is 21.2. The third-order valence-corrected chi connectivity index (χ3v) is 8.18. The second kappa shape index (κ2) is 11.1. The first-order valence-electron chi connectivity index (χ1n) is 13.9. The van der Waals surface area contributed by atoms with Gasteiger partial charge in [-0.15, -0.1) is 0 Å². The number of hydrogen-bond acceptors (Lipinski definition) is 7. The molecule has 3 fully saturated rings. The maximum atomic E-state index is 12.4. The molecule has 0 unspecified atom stereocenters. The second-order valence-corrected chi connectivity index (χ2v) is 10.8. The van der Waals surface area contributed by atoms with Gasteiger partial charge in [0.15, 0.2) is 17.0 Å². The molecule has 1 aliphatic heterocycles. The van der Waals surface area contributed by atoms with Crippen molar-refractivity contribution < 1.29 is 4.79 Å². The van der Waals surface area contributed by atoms with Crippen molar-refractivity contribution in [1.29, 1.82) is 0 Å². The van der Waals surface area contributed by atoms with Crippen molar-refractivity contribution in [3.63, 3.8) is 0 Å². The Morgan fingerprint density at radius 1 is 1.00 bits per heavy atom. The van der Waals surface area contributed by atoms with Gasteiger partial charge in [-0.1, -0.05) is 26.2 Å². The van der Waals surface area contributed by atoms with Gasteiger partial charge in [-0.3, -0.25) is 4.79 Å². The number of imidazole rings is 1. The smallest absolute Gasteiger partial charge is 0.227 e. The van der Waals surface area contributed by atoms with E-state index in [2.05, 4.69) is 22.1 Å². The number of carbonyl (C=O) groups is 1. The Labute approximate surface area is 208 Å². The predicted molar refractivity (Wildman–Crippen MR) is 139 cm³/mol. The second-order valence-electron chi connectivity index (χ2n) is 10.8. The Bertz CT molecular complexity index is 985. The largest absolute Gasteiger partial charge is 0.365 e. The highest BCUT2D eigenvalue weighted by Gasteiger charge is 2.27. The predicted octanol–water partition coefficient (Wildman–Crippen LogP) is 4.22. The summed E-state index contributed by atoms with van der Waals surface area (Å²) in [5.41, 5.74) is 7.90. The summed E-state index contributed by atoms with van der Waals surface area (Å²) in [6.45, 7) is 3.74. The number of hydrogen-bond donors (Lipinski definition) is 3. The van der Waals surface area contributed by atoms with Crippen LogP contribution in [0.3, 0.4) is 0 Å². The fourth-order valence-corrected chi connectivity index (χ4v) is 5.93. The summed E-state index contributed by atoms with van der Waals surface area (Å²) in [7, 11) is 0. The van der Waals surface area contributed by atoms with Gasteiger partial charge in [0, 0.05) is 43.7 Å². The van der Waals surface area contributed by atoms with E-state index in [1.807, 2.05) is 11.2 Å². The van der Waals surface area contributed by atoms with Crippen LogP contribution in [0, 0.1) is 0 Å². The summed E-state index contributed by atoms with van der Waals surface area (Å²) < 4.78 is 2.27. The highest BCUT2D eigenvalue weighted by atomic mass is 16.2. The lowest BCUT2D eigenvalue weighted by atomic mass is 9.92. The molecule has 0 bridgehead atoms. The molecule has 9 nitrogen and oxygen atoms in total. The molecule has 2 aromatic rings. The van der Waals surface area contributed by atoms with E-state index in [1.165, 1.54) is 25.7 Å². The van der Waals surface area contributed by atoms with E-state index in [4.69, 9.17) is 20.7 Å². The van der Waals surface area contributed by atoms with E-state index in [0.29, 0.717) is 36.4 Å². The molecule has 4 N–H and O–H groups in total. The minimum Gasteiger partial charge on any atom is -0.365 e. The average molecular weight is 483 g/mol. The third-order valence-electron chi connectivity index (χ3n) is 8.18. The molecule has 35 heavy (non-hydrogen) atoms. The lowest BCUT2D eigenvalue weighted by Gasteiger charge is -2.33. The lowest BCUT2D eigenvalue weighted by Crippen LogP contribution is -2.42. The summed E-state index contributed by atoms with van der Waals surface area (Å²) in [4.78, 5) is 29.1. The summed E-state index contributed by atoms with van der Waals surface area (Å²) >= 11 is 0. The Morgan fingerprint density at radius 2 is 1.71 bits per heavy atom. The van der Waals surface area contributed by atoms with Gasteiger partial charge in [-0.05, 0) is 57.8 Å². The van der Waals surface area contributed by atoms with Crippen LogP contribution in [0.5, 0.6) is 0 Å². The Kier molecular flexibility index (Phi) is 7.70. The van der Waals surface area contributed by atoms with Crippen LogP contribution in [0.2, 0.25) is 0 Å². The van der Waals surface area contributed by atoms with Crippen LogP contribution in [-0.2, 0) is 4.79 Å². The topological polar surface area (TPSA) is 114 Å². The Hall–Kier alpha value is -2.42. The molecule has 192 valence electrons. The fraction of sp³-hybridized carbons (Fsp3) is 0.769.